The Kier molecular flexibility index (Phi) is 10.9. The van der Waals surface area contributed by atoms with Gasteiger partial charge < -0.3 is 10.2 Å². The number of carbonyl (C=O) groups is 2. The van der Waals surface area contributed by atoms with E-state index >= 15 is 0 Å². The first-order valence-corrected chi connectivity index (χ1v) is 14.8. The lowest BCUT2D eigenvalue weighted by atomic mass is 10.0. The van der Waals surface area contributed by atoms with Gasteiger partial charge in [-0.25, -0.2) is 8.42 Å². The van der Waals surface area contributed by atoms with Gasteiger partial charge in [0, 0.05) is 35.1 Å². The Morgan fingerprint density at radius 3 is 2.30 bits per heavy atom. The van der Waals surface area contributed by atoms with Crippen molar-refractivity contribution in [3.05, 3.63) is 63.6 Å². The molecule has 1 atom stereocenters. The summed E-state index contributed by atoms with van der Waals surface area (Å²) in [5, 5.41) is 3.84. The van der Waals surface area contributed by atoms with Crippen LogP contribution in [0, 0.1) is 6.92 Å². The van der Waals surface area contributed by atoms with Crippen LogP contribution in [0.4, 0.5) is 5.69 Å². The summed E-state index contributed by atoms with van der Waals surface area (Å²) in [5.74, 6) is -0.523. The fraction of sp³-hybridized carbons (Fsp3) is 0.481. The molecule has 0 aliphatic carbocycles. The SMILES string of the molecule is CCC(C(=O)NC(C)(C)C)N(Cc1ccc(Cl)cc1Cl)C(=O)CCCN(c1cccc(C)c1)S(C)(=O)=O. The Hall–Kier alpha value is -2.29. The first kappa shape index (κ1) is 30.9. The van der Waals surface area contributed by atoms with E-state index < -0.39 is 21.6 Å². The normalized spacial score (nSPS) is 12.6. The number of amides is 2. The number of anilines is 1. The molecule has 1 unspecified atom stereocenters. The van der Waals surface area contributed by atoms with Crippen molar-refractivity contribution in [1.29, 1.82) is 0 Å². The minimum atomic E-state index is -3.55. The lowest BCUT2D eigenvalue weighted by Gasteiger charge is -2.33. The Morgan fingerprint density at radius 1 is 1.08 bits per heavy atom. The third-order valence-corrected chi connectivity index (χ3v) is 7.46. The molecule has 2 amide bonds. The second-order valence-corrected chi connectivity index (χ2v) is 12.9. The van der Waals surface area contributed by atoms with Crippen molar-refractivity contribution in [2.45, 2.75) is 72.0 Å². The standard InChI is InChI=1S/C27H37Cl2N3O4S/c1-7-24(26(34)30-27(3,4)5)31(18-20-13-14-21(28)17-23(20)29)25(33)12-9-15-32(37(6,35)36)22-11-8-10-19(2)16-22/h8,10-11,13-14,16-17,24H,7,9,12,15,18H2,1-6H3,(H,30,34). The molecule has 0 aliphatic heterocycles. The van der Waals surface area contributed by atoms with Crippen LogP contribution in [0.15, 0.2) is 42.5 Å². The summed E-state index contributed by atoms with van der Waals surface area (Å²) >= 11 is 12.4. The van der Waals surface area contributed by atoms with Gasteiger partial charge in [-0.1, -0.05) is 48.3 Å². The quantitative estimate of drug-likeness (QED) is 0.383. The minimum absolute atomic E-state index is 0.0579. The molecule has 0 aliphatic rings. The second-order valence-electron chi connectivity index (χ2n) is 10.2. The number of hydrogen-bond donors (Lipinski definition) is 1. The highest BCUT2D eigenvalue weighted by molar-refractivity contribution is 7.92. The van der Waals surface area contributed by atoms with Gasteiger partial charge in [-0.2, -0.15) is 0 Å². The lowest BCUT2D eigenvalue weighted by molar-refractivity contribution is -0.142. The monoisotopic (exact) mass is 569 g/mol. The van der Waals surface area contributed by atoms with E-state index in [0.717, 1.165) is 11.8 Å². The summed E-state index contributed by atoms with van der Waals surface area (Å²) in [4.78, 5) is 28.2. The van der Waals surface area contributed by atoms with E-state index in [9.17, 15) is 18.0 Å². The van der Waals surface area contributed by atoms with Crippen molar-refractivity contribution in [3.8, 4) is 0 Å². The molecule has 0 bridgehead atoms. The van der Waals surface area contributed by atoms with Crippen molar-refractivity contribution in [2.24, 2.45) is 0 Å². The number of hydrogen-bond acceptors (Lipinski definition) is 4. The van der Waals surface area contributed by atoms with Crippen LogP contribution in [0.25, 0.3) is 0 Å². The average molecular weight is 571 g/mol. The lowest BCUT2D eigenvalue weighted by Crippen LogP contribution is -2.53. The molecule has 0 aromatic heterocycles. The summed E-state index contributed by atoms with van der Waals surface area (Å²) in [6.07, 6.45) is 1.89. The Bertz CT molecular complexity index is 1210. The Morgan fingerprint density at radius 2 is 1.76 bits per heavy atom. The maximum atomic E-state index is 13.5. The van der Waals surface area contributed by atoms with Crippen molar-refractivity contribution >= 4 is 50.7 Å². The van der Waals surface area contributed by atoms with Gasteiger partial charge in [0.1, 0.15) is 6.04 Å². The molecule has 37 heavy (non-hydrogen) atoms. The number of halogens is 2. The van der Waals surface area contributed by atoms with Crippen LogP contribution in [0.3, 0.4) is 0 Å². The van der Waals surface area contributed by atoms with Crippen LogP contribution >= 0.6 is 23.2 Å². The fourth-order valence-electron chi connectivity index (χ4n) is 3.99. The predicted octanol–water partition coefficient (Wildman–Crippen LogP) is 5.57. The van der Waals surface area contributed by atoms with Gasteiger partial charge in [-0.05, 0) is 75.9 Å². The number of nitrogens with zero attached hydrogens (tertiary/aromatic N) is 2. The summed E-state index contributed by atoms with van der Waals surface area (Å²) in [7, 11) is -3.55. The number of benzene rings is 2. The highest BCUT2D eigenvalue weighted by Crippen LogP contribution is 2.25. The molecular formula is C27H37Cl2N3O4S. The summed E-state index contributed by atoms with van der Waals surface area (Å²) in [6, 6.07) is 11.5. The van der Waals surface area contributed by atoms with E-state index in [1.54, 1.807) is 36.4 Å². The molecule has 10 heteroatoms. The van der Waals surface area contributed by atoms with Crippen LogP contribution in [0.1, 0.15) is 58.1 Å². The molecule has 204 valence electrons. The van der Waals surface area contributed by atoms with E-state index in [4.69, 9.17) is 23.2 Å². The molecule has 0 saturated carbocycles. The summed E-state index contributed by atoms with van der Waals surface area (Å²) in [6.45, 7) is 9.63. The third-order valence-electron chi connectivity index (χ3n) is 5.68. The Labute approximate surface area is 231 Å². The van der Waals surface area contributed by atoms with E-state index in [2.05, 4.69) is 5.32 Å². The largest absolute Gasteiger partial charge is 0.350 e. The maximum absolute atomic E-state index is 13.5. The van der Waals surface area contributed by atoms with Gasteiger partial charge in [0.25, 0.3) is 0 Å². The molecule has 0 spiro atoms. The number of aryl methyl sites for hydroxylation is 1. The minimum Gasteiger partial charge on any atom is -0.350 e. The summed E-state index contributed by atoms with van der Waals surface area (Å²) < 4.78 is 26.3. The first-order chi connectivity index (χ1) is 17.1. The Balaban J connectivity index is 2.28. The van der Waals surface area contributed by atoms with Gasteiger partial charge in [-0.3, -0.25) is 13.9 Å². The molecule has 2 aromatic carbocycles. The highest BCUT2D eigenvalue weighted by Gasteiger charge is 2.31. The average Bonchev–Trinajstić information content (AvgIpc) is 2.75. The van der Waals surface area contributed by atoms with Crippen LogP contribution in [-0.4, -0.2) is 49.5 Å². The molecule has 2 rings (SSSR count). The van der Waals surface area contributed by atoms with Crippen molar-refractivity contribution in [2.75, 3.05) is 17.1 Å². The van der Waals surface area contributed by atoms with Gasteiger partial charge in [-0.15, -0.1) is 0 Å². The van der Waals surface area contributed by atoms with Gasteiger partial charge in [0.2, 0.25) is 21.8 Å². The van der Waals surface area contributed by atoms with Crippen LogP contribution in [0.5, 0.6) is 0 Å². The second kappa shape index (κ2) is 13.0. The topological polar surface area (TPSA) is 86.8 Å². The van der Waals surface area contributed by atoms with Gasteiger partial charge in [0.15, 0.2) is 0 Å². The predicted molar refractivity (Wildman–Crippen MR) is 152 cm³/mol. The van der Waals surface area contributed by atoms with Crippen molar-refractivity contribution in [3.63, 3.8) is 0 Å². The molecule has 0 saturated heterocycles. The molecule has 7 nitrogen and oxygen atoms in total. The number of nitrogens with one attached hydrogen (secondary N) is 1. The first-order valence-electron chi connectivity index (χ1n) is 12.2. The van der Waals surface area contributed by atoms with E-state index in [1.165, 1.54) is 9.21 Å². The summed E-state index contributed by atoms with van der Waals surface area (Å²) in [5.41, 5.74) is 1.68. The number of sulfonamides is 1. The van der Waals surface area contributed by atoms with Crippen molar-refractivity contribution in [1.82, 2.24) is 10.2 Å². The van der Waals surface area contributed by atoms with Crippen LogP contribution < -0.4 is 9.62 Å². The zero-order valence-corrected chi connectivity index (χ0v) is 24.7. The highest BCUT2D eigenvalue weighted by atomic mass is 35.5. The van der Waals surface area contributed by atoms with Gasteiger partial charge in [0.05, 0.1) is 11.9 Å². The van der Waals surface area contributed by atoms with E-state index in [0.29, 0.717) is 27.7 Å². The fourth-order valence-corrected chi connectivity index (χ4v) is 5.42. The van der Waals surface area contributed by atoms with Crippen LogP contribution in [-0.2, 0) is 26.2 Å². The van der Waals surface area contributed by atoms with Gasteiger partial charge >= 0.3 is 0 Å². The van der Waals surface area contributed by atoms with E-state index in [-0.39, 0.29) is 37.7 Å². The third kappa shape index (κ3) is 9.51. The molecular weight excluding hydrogens is 533 g/mol. The zero-order valence-electron chi connectivity index (χ0n) is 22.3. The van der Waals surface area contributed by atoms with Crippen molar-refractivity contribution < 1.29 is 18.0 Å². The maximum Gasteiger partial charge on any atom is 0.243 e. The molecule has 0 fully saturated rings. The molecule has 0 heterocycles. The smallest absolute Gasteiger partial charge is 0.243 e. The van der Waals surface area contributed by atoms with Crippen LogP contribution in [0.2, 0.25) is 10.0 Å². The zero-order chi connectivity index (χ0) is 28.0. The molecule has 0 radical (unpaired) electrons. The molecule has 2 aromatic rings. The van der Waals surface area contributed by atoms with E-state index in [1.807, 2.05) is 40.7 Å². The molecule has 1 N–H and O–H groups in total. The number of carbonyl (C=O) groups excluding carboxylic acids is 2. The number of rotatable bonds is 11.